The van der Waals surface area contributed by atoms with Gasteiger partial charge in [-0.25, -0.2) is 0 Å². The second-order valence-electron chi connectivity index (χ2n) is 5.39. The summed E-state index contributed by atoms with van der Waals surface area (Å²) < 4.78 is 5.44. The highest BCUT2D eigenvalue weighted by molar-refractivity contribution is 6.30. The number of ether oxygens (including phenoxy) is 1. The van der Waals surface area contributed by atoms with Gasteiger partial charge in [0.1, 0.15) is 0 Å². The standard InChI is InChI=1S/C16H22ClN3O/c1-13(5-6-18)19-12-16(20-7-9-21-10-8-20)14-3-2-4-15(17)11-14/h2-4,11,13,16,19H,5,7-10,12H2,1H3. The predicted molar refractivity (Wildman–Crippen MR) is 84.3 cm³/mol. The van der Waals surface area contributed by atoms with Crippen molar-refractivity contribution in [1.82, 2.24) is 10.2 Å². The Bertz CT molecular complexity index is 483. The fourth-order valence-electron chi connectivity index (χ4n) is 2.58. The Balaban J connectivity index is 2.08. The van der Waals surface area contributed by atoms with Gasteiger partial charge in [0.05, 0.1) is 25.7 Å². The topological polar surface area (TPSA) is 48.3 Å². The third-order valence-electron chi connectivity index (χ3n) is 3.78. The van der Waals surface area contributed by atoms with Crippen LogP contribution in [0.5, 0.6) is 0 Å². The van der Waals surface area contributed by atoms with Crippen molar-refractivity contribution in [3.05, 3.63) is 34.9 Å². The number of morpholine rings is 1. The summed E-state index contributed by atoms with van der Waals surface area (Å²) in [6, 6.07) is 10.7. The molecule has 1 saturated heterocycles. The molecule has 0 spiro atoms. The third kappa shape index (κ3) is 4.98. The van der Waals surface area contributed by atoms with Crippen molar-refractivity contribution in [2.24, 2.45) is 0 Å². The van der Waals surface area contributed by atoms with Gasteiger partial charge in [-0.05, 0) is 24.6 Å². The average Bonchev–Trinajstić information content (AvgIpc) is 2.49. The van der Waals surface area contributed by atoms with Crippen molar-refractivity contribution in [2.75, 3.05) is 32.8 Å². The van der Waals surface area contributed by atoms with Crippen LogP contribution < -0.4 is 5.32 Å². The van der Waals surface area contributed by atoms with Gasteiger partial charge in [-0.3, -0.25) is 4.90 Å². The van der Waals surface area contributed by atoms with Crippen LogP contribution in [0.4, 0.5) is 0 Å². The van der Waals surface area contributed by atoms with E-state index < -0.39 is 0 Å². The maximum atomic E-state index is 8.77. The molecule has 1 heterocycles. The number of benzene rings is 1. The van der Waals surface area contributed by atoms with E-state index >= 15 is 0 Å². The molecule has 0 bridgehead atoms. The predicted octanol–water partition coefficient (Wildman–Crippen LogP) is 2.61. The van der Waals surface area contributed by atoms with Gasteiger partial charge in [-0.2, -0.15) is 5.26 Å². The third-order valence-corrected chi connectivity index (χ3v) is 4.01. The van der Waals surface area contributed by atoms with E-state index in [9.17, 15) is 0 Å². The number of nitrogens with zero attached hydrogens (tertiary/aromatic N) is 2. The molecule has 1 aliphatic heterocycles. The van der Waals surface area contributed by atoms with Gasteiger partial charge >= 0.3 is 0 Å². The molecular formula is C16H22ClN3O. The van der Waals surface area contributed by atoms with Gasteiger partial charge < -0.3 is 10.1 Å². The molecule has 2 rings (SSSR count). The highest BCUT2D eigenvalue weighted by Gasteiger charge is 2.23. The van der Waals surface area contributed by atoms with Crippen LogP contribution in [0.1, 0.15) is 24.9 Å². The molecule has 5 heteroatoms. The van der Waals surface area contributed by atoms with Gasteiger partial charge in [-0.15, -0.1) is 0 Å². The lowest BCUT2D eigenvalue weighted by Gasteiger charge is -2.35. The number of nitriles is 1. The number of hydrogen-bond donors (Lipinski definition) is 1. The summed E-state index contributed by atoms with van der Waals surface area (Å²) in [5, 5.41) is 13.0. The summed E-state index contributed by atoms with van der Waals surface area (Å²) in [5.41, 5.74) is 1.21. The summed E-state index contributed by atoms with van der Waals surface area (Å²) >= 11 is 6.13. The molecule has 114 valence electrons. The van der Waals surface area contributed by atoms with Crippen LogP contribution in [0, 0.1) is 11.3 Å². The maximum absolute atomic E-state index is 8.77. The van der Waals surface area contributed by atoms with E-state index in [1.165, 1.54) is 5.56 Å². The summed E-state index contributed by atoms with van der Waals surface area (Å²) in [5.74, 6) is 0. The monoisotopic (exact) mass is 307 g/mol. The SMILES string of the molecule is CC(CC#N)NCC(c1cccc(Cl)c1)N1CCOCC1. The van der Waals surface area contributed by atoms with Gasteiger partial charge in [0.15, 0.2) is 0 Å². The first-order chi connectivity index (χ1) is 10.2. The zero-order valence-electron chi connectivity index (χ0n) is 12.4. The maximum Gasteiger partial charge on any atom is 0.0638 e. The van der Waals surface area contributed by atoms with Crippen LogP contribution in [0.15, 0.2) is 24.3 Å². The zero-order valence-corrected chi connectivity index (χ0v) is 13.1. The van der Waals surface area contributed by atoms with Gasteiger partial charge in [-0.1, -0.05) is 23.7 Å². The van der Waals surface area contributed by atoms with E-state index in [4.69, 9.17) is 21.6 Å². The van der Waals surface area contributed by atoms with Gasteiger partial charge in [0.25, 0.3) is 0 Å². The van der Waals surface area contributed by atoms with Crippen molar-refractivity contribution in [3.63, 3.8) is 0 Å². The summed E-state index contributed by atoms with van der Waals surface area (Å²) in [7, 11) is 0. The van der Waals surface area contributed by atoms with E-state index in [0.717, 1.165) is 37.9 Å². The highest BCUT2D eigenvalue weighted by atomic mass is 35.5. The minimum atomic E-state index is 0.192. The van der Waals surface area contributed by atoms with E-state index in [1.54, 1.807) is 0 Å². The van der Waals surface area contributed by atoms with Crippen LogP contribution in [0.25, 0.3) is 0 Å². The Labute approximate surface area is 131 Å². The molecule has 21 heavy (non-hydrogen) atoms. The van der Waals surface area contributed by atoms with Crippen molar-refractivity contribution in [3.8, 4) is 6.07 Å². The molecule has 0 aromatic heterocycles. The minimum Gasteiger partial charge on any atom is -0.379 e. The molecular weight excluding hydrogens is 286 g/mol. The van der Waals surface area contributed by atoms with Crippen LogP contribution in [-0.2, 0) is 4.74 Å². The van der Waals surface area contributed by atoms with E-state index in [0.29, 0.717) is 6.42 Å². The molecule has 0 aliphatic carbocycles. The molecule has 1 N–H and O–H groups in total. The first kappa shape index (κ1) is 16.3. The first-order valence-electron chi connectivity index (χ1n) is 7.38. The summed E-state index contributed by atoms with van der Waals surface area (Å²) in [4.78, 5) is 2.42. The quantitative estimate of drug-likeness (QED) is 0.877. The first-order valence-corrected chi connectivity index (χ1v) is 7.76. The fourth-order valence-corrected chi connectivity index (χ4v) is 2.78. The molecule has 0 radical (unpaired) electrons. The molecule has 1 aromatic rings. The molecule has 0 amide bonds. The second-order valence-corrected chi connectivity index (χ2v) is 5.83. The molecule has 0 saturated carbocycles. The van der Waals surface area contributed by atoms with Gasteiger partial charge in [0.2, 0.25) is 0 Å². The molecule has 2 atom stereocenters. The average molecular weight is 308 g/mol. The van der Waals surface area contributed by atoms with Crippen LogP contribution in [0.3, 0.4) is 0 Å². The van der Waals surface area contributed by atoms with E-state index in [1.807, 2.05) is 25.1 Å². The minimum absolute atomic E-state index is 0.192. The number of nitrogens with one attached hydrogen (secondary N) is 1. The van der Waals surface area contributed by atoms with E-state index in [-0.39, 0.29) is 12.1 Å². The molecule has 1 fully saturated rings. The summed E-state index contributed by atoms with van der Waals surface area (Å²) in [6.07, 6.45) is 0.519. The normalized spacial score (nSPS) is 18.9. The number of hydrogen-bond acceptors (Lipinski definition) is 4. The molecule has 1 aliphatic rings. The fraction of sp³-hybridized carbons (Fsp3) is 0.562. The van der Waals surface area contributed by atoms with Crippen molar-refractivity contribution >= 4 is 11.6 Å². The Morgan fingerprint density at radius 3 is 2.86 bits per heavy atom. The van der Waals surface area contributed by atoms with Crippen LogP contribution in [0.2, 0.25) is 5.02 Å². The molecule has 4 nitrogen and oxygen atoms in total. The van der Waals surface area contributed by atoms with Gasteiger partial charge in [0, 0.05) is 36.7 Å². The van der Waals surface area contributed by atoms with E-state index in [2.05, 4.69) is 22.4 Å². The zero-order chi connectivity index (χ0) is 15.1. The van der Waals surface area contributed by atoms with Crippen molar-refractivity contribution in [2.45, 2.75) is 25.4 Å². The Morgan fingerprint density at radius 2 is 2.19 bits per heavy atom. The number of halogens is 1. The largest absolute Gasteiger partial charge is 0.379 e. The second kappa shape index (κ2) is 8.35. The Kier molecular flexibility index (Phi) is 6.47. The number of rotatable bonds is 6. The smallest absolute Gasteiger partial charge is 0.0638 e. The Morgan fingerprint density at radius 1 is 1.43 bits per heavy atom. The molecule has 1 aromatic carbocycles. The lowest BCUT2D eigenvalue weighted by Crippen LogP contribution is -2.44. The van der Waals surface area contributed by atoms with Crippen molar-refractivity contribution < 1.29 is 4.74 Å². The summed E-state index contributed by atoms with van der Waals surface area (Å²) in [6.45, 7) is 6.23. The lowest BCUT2D eigenvalue weighted by molar-refractivity contribution is 0.0157. The lowest BCUT2D eigenvalue weighted by atomic mass is 10.0. The van der Waals surface area contributed by atoms with Crippen LogP contribution >= 0.6 is 11.6 Å². The highest BCUT2D eigenvalue weighted by Crippen LogP contribution is 2.24. The Hall–Kier alpha value is -1.12. The van der Waals surface area contributed by atoms with Crippen molar-refractivity contribution in [1.29, 1.82) is 5.26 Å². The van der Waals surface area contributed by atoms with Crippen LogP contribution in [-0.4, -0.2) is 43.8 Å². The molecule has 2 unspecified atom stereocenters.